The second kappa shape index (κ2) is 2.70. The molecule has 0 bridgehead atoms. The van der Waals surface area contributed by atoms with Crippen molar-refractivity contribution in [3.63, 3.8) is 0 Å². The van der Waals surface area contributed by atoms with Gasteiger partial charge in [0.2, 0.25) is 5.88 Å². The van der Waals surface area contributed by atoms with Gasteiger partial charge in [-0.25, -0.2) is 0 Å². The zero-order chi connectivity index (χ0) is 7.56. The number of hydrogen-bond acceptors (Lipinski definition) is 3. The summed E-state index contributed by atoms with van der Waals surface area (Å²) in [5.74, 6) is 0.534. The van der Waals surface area contributed by atoms with Crippen molar-refractivity contribution in [1.82, 2.24) is 9.78 Å². The van der Waals surface area contributed by atoms with Crippen LogP contribution < -0.4 is 4.74 Å². The summed E-state index contributed by atoms with van der Waals surface area (Å²) in [5.41, 5.74) is 0.747. The Kier molecular flexibility index (Phi) is 1.91. The smallest absolute Gasteiger partial charge is 0.232 e. The molecule has 0 saturated heterocycles. The maximum atomic E-state index is 8.71. The Morgan fingerprint density at radius 1 is 1.80 bits per heavy atom. The highest BCUT2D eigenvalue weighted by atomic mass is 16.5. The minimum absolute atomic E-state index is 0.00708. The van der Waals surface area contributed by atoms with Crippen molar-refractivity contribution in [2.75, 3.05) is 7.11 Å². The van der Waals surface area contributed by atoms with Crippen molar-refractivity contribution in [2.24, 2.45) is 7.05 Å². The topological polar surface area (TPSA) is 47.3 Å². The van der Waals surface area contributed by atoms with Gasteiger partial charge in [0.05, 0.1) is 19.4 Å². The fraction of sp³-hybridized carbons (Fsp3) is 0.500. The van der Waals surface area contributed by atoms with Crippen molar-refractivity contribution >= 4 is 0 Å². The van der Waals surface area contributed by atoms with E-state index in [4.69, 9.17) is 9.84 Å². The Morgan fingerprint density at radius 3 is 2.80 bits per heavy atom. The maximum absolute atomic E-state index is 8.71. The summed E-state index contributed by atoms with van der Waals surface area (Å²) in [6, 6.07) is 1.69. The molecule has 0 spiro atoms. The van der Waals surface area contributed by atoms with Crippen molar-refractivity contribution in [3.8, 4) is 5.88 Å². The zero-order valence-corrected chi connectivity index (χ0v) is 6.03. The third-order valence-corrected chi connectivity index (χ3v) is 1.33. The van der Waals surface area contributed by atoms with Crippen LogP contribution in [0.1, 0.15) is 5.69 Å². The lowest BCUT2D eigenvalue weighted by Gasteiger charge is -1.91. The van der Waals surface area contributed by atoms with E-state index in [0.29, 0.717) is 5.88 Å². The Morgan fingerprint density at radius 2 is 2.50 bits per heavy atom. The lowest BCUT2D eigenvalue weighted by atomic mass is 10.4. The number of nitrogens with zero attached hydrogens (tertiary/aromatic N) is 2. The predicted molar refractivity (Wildman–Crippen MR) is 35.7 cm³/mol. The molecular formula is C6H10N2O2. The molecule has 4 heteroatoms. The van der Waals surface area contributed by atoms with Gasteiger partial charge >= 0.3 is 0 Å². The van der Waals surface area contributed by atoms with Crippen LogP contribution in [0.4, 0.5) is 0 Å². The SMILES string of the molecule is COc1cc(CO)n(C)n1. The summed E-state index contributed by atoms with van der Waals surface area (Å²) in [5, 5.41) is 12.6. The first-order chi connectivity index (χ1) is 4.77. The molecule has 1 aromatic rings. The van der Waals surface area contributed by atoms with E-state index in [1.807, 2.05) is 0 Å². The highest BCUT2D eigenvalue weighted by Gasteiger charge is 2.01. The van der Waals surface area contributed by atoms with Crippen molar-refractivity contribution in [2.45, 2.75) is 6.61 Å². The Hall–Kier alpha value is -1.03. The Balaban J connectivity index is 2.92. The van der Waals surface area contributed by atoms with Crippen LogP contribution in [0.2, 0.25) is 0 Å². The van der Waals surface area contributed by atoms with Crippen LogP contribution in [-0.4, -0.2) is 22.0 Å². The lowest BCUT2D eigenvalue weighted by Crippen LogP contribution is -1.96. The molecule has 1 aromatic heterocycles. The molecule has 0 aliphatic heterocycles. The van der Waals surface area contributed by atoms with Crippen LogP contribution in [0.15, 0.2) is 6.07 Å². The number of rotatable bonds is 2. The summed E-state index contributed by atoms with van der Waals surface area (Å²) in [6.45, 7) is -0.00708. The average Bonchev–Trinajstić information content (AvgIpc) is 2.30. The zero-order valence-electron chi connectivity index (χ0n) is 6.03. The predicted octanol–water partition coefficient (Wildman–Crippen LogP) is -0.0790. The van der Waals surface area contributed by atoms with Gasteiger partial charge in [-0.1, -0.05) is 0 Å². The minimum atomic E-state index is -0.00708. The van der Waals surface area contributed by atoms with Gasteiger partial charge in [-0.2, -0.15) is 0 Å². The summed E-state index contributed by atoms with van der Waals surface area (Å²) in [6.07, 6.45) is 0. The number of ether oxygens (including phenoxy) is 1. The fourth-order valence-electron chi connectivity index (χ4n) is 0.725. The molecule has 0 atom stereocenters. The van der Waals surface area contributed by atoms with Crippen LogP contribution in [-0.2, 0) is 13.7 Å². The molecule has 0 amide bonds. The van der Waals surface area contributed by atoms with Gasteiger partial charge in [-0.05, 0) is 0 Å². The van der Waals surface area contributed by atoms with Crippen LogP contribution in [0, 0.1) is 0 Å². The quantitative estimate of drug-likeness (QED) is 0.628. The second-order valence-corrected chi connectivity index (χ2v) is 1.96. The van der Waals surface area contributed by atoms with E-state index < -0.39 is 0 Å². The van der Waals surface area contributed by atoms with Crippen molar-refractivity contribution in [3.05, 3.63) is 11.8 Å². The lowest BCUT2D eigenvalue weighted by molar-refractivity contribution is 0.270. The van der Waals surface area contributed by atoms with Gasteiger partial charge in [0.1, 0.15) is 0 Å². The minimum Gasteiger partial charge on any atom is -0.480 e. The molecule has 1 rings (SSSR count). The summed E-state index contributed by atoms with van der Waals surface area (Å²) < 4.78 is 6.42. The summed E-state index contributed by atoms with van der Waals surface area (Å²) in [4.78, 5) is 0. The second-order valence-electron chi connectivity index (χ2n) is 1.96. The number of aromatic nitrogens is 2. The number of hydrogen-bond donors (Lipinski definition) is 1. The Labute approximate surface area is 59.0 Å². The normalized spacial score (nSPS) is 9.90. The number of aliphatic hydroxyl groups is 1. The van der Waals surface area contributed by atoms with Gasteiger partial charge in [0.25, 0.3) is 0 Å². The van der Waals surface area contributed by atoms with Crippen molar-refractivity contribution < 1.29 is 9.84 Å². The fourth-order valence-corrected chi connectivity index (χ4v) is 0.725. The van der Waals surface area contributed by atoms with Gasteiger partial charge in [-0.3, -0.25) is 4.68 Å². The van der Waals surface area contributed by atoms with E-state index >= 15 is 0 Å². The molecule has 0 unspecified atom stereocenters. The number of methoxy groups -OCH3 is 1. The molecule has 0 fully saturated rings. The van der Waals surface area contributed by atoms with Gasteiger partial charge in [0, 0.05) is 13.1 Å². The third kappa shape index (κ3) is 1.11. The molecule has 56 valence electrons. The first-order valence-electron chi connectivity index (χ1n) is 2.95. The first-order valence-corrected chi connectivity index (χ1v) is 2.95. The van der Waals surface area contributed by atoms with Gasteiger partial charge in [-0.15, -0.1) is 5.10 Å². The molecule has 0 aromatic carbocycles. The molecule has 0 aliphatic rings. The van der Waals surface area contributed by atoms with Gasteiger partial charge in [0.15, 0.2) is 0 Å². The van der Waals surface area contributed by atoms with E-state index in [1.165, 1.54) is 0 Å². The first kappa shape index (κ1) is 7.08. The molecule has 1 N–H and O–H groups in total. The van der Waals surface area contributed by atoms with E-state index in [1.54, 1.807) is 24.9 Å². The van der Waals surface area contributed by atoms with Gasteiger partial charge < -0.3 is 9.84 Å². The van der Waals surface area contributed by atoms with Crippen LogP contribution in [0.3, 0.4) is 0 Å². The van der Waals surface area contributed by atoms with Crippen LogP contribution in [0.5, 0.6) is 5.88 Å². The molecule has 10 heavy (non-hydrogen) atoms. The average molecular weight is 142 g/mol. The van der Waals surface area contributed by atoms with E-state index in [9.17, 15) is 0 Å². The van der Waals surface area contributed by atoms with Crippen LogP contribution in [0.25, 0.3) is 0 Å². The number of aliphatic hydroxyl groups excluding tert-OH is 1. The molecule has 0 aliphatic carbocycles. The molecule has 1 heterocycles. The largest absolute Gasteiger partial charge is 0.480 e. The molecule has 0 radical (unpaired) electrons. The summed E-state index contributed by atoms with van der Waals surface area (Å²) in [7, 11) is 3.30. The van der Waals surface area contributed by atoms with E-state index in [-0.39, 0.29) is 6.61 Å². The molecule has 4 nitrogen and oxygen atoms in total. The third-order valence-electron chi connectivity index (χ3n) is 1.33. The van der Waals surface area contributed by atoms with Crippen molar-refractivity contribution in [1.29, 1.82) is 0 Å². The summed E-state index contributed by atoms with van der Waals surface area (Å²) >= 11 is 0. The Bertz CT molecular complexity index is 220. The standard InChI is InChI=1S/C6H10N2O2/c1-8-5(4-9)3-6(7-8)10-2/h3,9H,4H2,1-2H3. The highest BCUT2D eigenvalue weighted by molar-refractivity contribution is 5.14. The number of aryl methyl sites for hydroxylation is 1. The van der Waals surface area contributed by atoms with E-state index in [2.05, 4.69) is 5.10 Å². The maximum Gasteiger partial charge on any atom is 0.232 e. The molecule has 0 saturated carbocycles. The monoisotopic (exact) mass is 142 g/mol. The van der Waals surface area contributed by atoms with E-state index in [0.717, 1.165) is 5.69 Å². The molecular weight excluding hydrogens is 132 g/mol. The highest BCUT2D eigenvalue weighted by Crippen LogP contribution is 2.08. The van der Waals surface area contributed by atoms with Crippen LogP contribution >= 0.6 is 0 Å².